The van der Waals surface area contributed by atoms with E-state index >= 15 is 0 Å². The van der Waals surface area contributed by atoms with E-state index in [-0.39, 0.29) is 0 Å². The number of halogens is 3. The molecule has 0 N–H and O–H groups in total. The molecule has 0 aliphatic rings. The van der Waals surface area contributed by atoms with Gasteiger partial charge in [0.05, 0.1) is 0 Å². The quantitative estimate of drug-likeness (QED) is 0.192. The van der Waals surface area contributed by atoms with E-state index in [0.29, 0.717) is 0 Å². The van der Waals surface area contributed by atoms with E-state index in [1.807, 2.05) is 0 Å². The molecule has 0 rings (SSSR count). The van der Waals surface area contributed by atoms with E-state index < -0.39 is 0 Å². The van der Waals surface area contributed by atoms with E-state index in [2.05, 4.69) is 68.0 Å². The van der Waals surface area contributed by atoms with Crippen LogP contribution in [0, 0.1) is 0 Å². The summed E-state index contributed by atoms with van der Waals surface area (Å²) >= 11 is 8.89. The second-order valence-electron chi connectivity index (χ2n) is 4.10. The lowest BCUT2D eigenvalue weighted by atomic mass is 10.1. The molecule has 0 heterocycles. The van der Waals surface area contributed by atoms with Crippen LogP contribution in [0.3, 0.4) is 0 Å². The molecule has 0 amide bonds. The highest BCUT2D eigenvalue weighted by Crippen LogP contribution is 2.22. The van der Waals surface area contributed by atoms with E-state index in [1.165, 1.54) is 55.8 Å². The Labute approximate surface area is 131 Å². The predicted molar refractivity (Wildman–Crippen MR) is 92.0 cm³/mol. The molecule has 0 aromatic heterocycles. The van der Waals surface area contributed by atoms with Crippen LogP contribution in [0.5, 0.6) is 0 Å². The van der Waals surface area contributed by atoms with Crippen LogP contribution in [0.15, 0.2) is 0 Å². The molecule has 2 unspecified atom stereocenters. The average Bonchev–Trinajstić information content (AvgIpc) is 2.24. The second-order valence-corrected chi connectivity index (χ2v) is 8.23. The van der Waals surface area contributed by atoms with Gasteiger partial charge in [-0.15, -0.1) is 0 Å². The Kier molecular flexibility index (Phi) is 14.0. The maximum atomic E-state index is 3.80. The van der Waals surface area contributed by atoms with Gasteiger partial charge in [-0.1, -0.05) is 87.3 Å². The Bertz CT molecular complexity index is 131. The van der Waals surface area contributed by atoms with Crippen LogP contribution in [-0.2, 0) is 0 Å². The smallest absolute Gasteiger partial charge is 0.0146 e. The molecular weight excluding hydrogens is 478 g/mol. The predicted octanol–water partition coefficient (Wildman–Crippen LogP) is 6.13. The minimum absolute atomic E-state index is 0.765. The number of hydrogen-bond donors (Lipinski definition) is 0. The summed E-state index contributed by atoms with van der Waals surface area (Å²) in [6.07, 6.45) is 11.0. The lowest BCUT2D eigenvalue weighted by Crippen LogP contribution is -2.04. The van der Waals surface area contributed by atoms with Crippen molar-refractivity contribution in [3.63, 3.8) is 0 Å². The molecule has 92 valence electrons. The fourth-order valence-electron chi connectivity index (χ4n) is 1.56. The fourth-order valence-corrected chi connectivity index (χ4v) is 3.39. The molecule has 0 aliphatic carbocycles. The zero-order valence-electron chi connectivity index (χ0n) is 9.65. The van der Waals surface area contributed by atoms with Gasteiger partial charge in [0.25, 0.3) is 0 Å². The highest BCUT2D eigenvalue weighted by molar-refractivity contribution is 14.1. The van der Waals surface area contributed by atoms with Crippen molar-refractivity contribution in [3.8, 4) is 0 Å². The first-order chi connectivity index (χ1) is 7.20. The summed E-state index contributed by atoms with van der Waals surface area (Å²) < 4.78 is 2.20. The van der Waals surface area contributed by atoms with Gasteiger partial charge in [-0.05, 0) is 36.5 Å². The Morgan fingerprint density at radius 1 is 1.00 bits per heavy atom. The Morgan fingerprint density at radius 3 is 2.33 bits per heavy atom. The summed E-state index contributed by atoms with van der Waals surface area (Å²) in [5.74, 6) is 0. The molecular formula is C12H23BrI2. The van der Waals surface area contributed by atoms with E-state index in [1.54, 1.807) is 0 Å². The minimum Gasteiger partial charge on any atom is -0.0891 e. The molecule has 0 bridgehead atoms. The summed E-state index contributed by atoms with van der Waals surface area (Å²) in [6, 6.07) is 0. The Hall–Kier alpha value is 1.94. The van der Waals surface area contributed by atoms with Crippen molar-refractivity contribution in [2.24, 2.45) is 0 Å². The van der Waals surface area contributed by atoms with Crippen molar-refractivity contribution in [1.29, 1.82) is 0 Å². The normalized spacial score (nSPS) is 15.2. The molecule has 0 saturated heterocycles. The van der Waals surface area contributed by atoms with Gasteiger partial charge in [-0.3, -0.25) is 0 Å². The zero-order valence-corrected chi connectivity index (χ0v) is 15.6. The van der Waals surface area contributed by atoms with Crippen LogP contribution in [0.2, 0.25) is 0 Å². The first-order valence-corrected chi connectivity index (χ1v) is 9.73. The molecule has 3 heteroatoms. The van der Waals surface area contributed by atoms with Gasteiger partial charge in [0.2, 0.25) is 0 Å². The van der Waals surface area contributed by atoms with Crippen LogP contribution < -0.4 is 0 Å². The average molecular weight is 501 g/mol. The van der Waals surface area contributed by atoms with Crippen LogP contribution in [-0.4, -0.2) is 13.2 Å². The van der Waals surface area contributed by atoms with Crippen molar-refractivity contribution < 1.29 is 0 Å². The third-order valence-electron chi connectivity index (χ3n) is 2.57. The van der Waals surface area contributed by atoms with Crippen molar-refractivity contribution >= 4 is 61.1 Å². The van der Waals surface area contributed by atoms with Crippen LogP contribution in [0.4, 0.5) is 0 Å². The molecule has 0 saturated carbocycles. The van der Waals surface area contributed by atoms with Gasteiger partial charge < -0.3 is 0 Å². The minimum atomic E-state index is 0.765. The highest BCUT2D eigenvalue weighted by Gasteiger charge is 2.08. The van der Waals surface area contributed by atoms with Crippen molar-refractivity contribution in [2.75, 3.05) is 4.43 Å². The third-order valence-corrected chi connectivity index (χ3v) is 5.49. The highest BCUT2D eigenvalue weighted by atomic mass is 127. The maximum Gasteiger partial charge on any atom is 0.0146 e. The van der Waals surface area contributed by atoms with Crippen LogP contribution in [0.1, 0.15) is 58.3 Å². The van der Waals surface area contributed by atoms with Gasteiger partial charge in [0.1, 0.15) is 0 Å². The number of rotatable bonds is 10. The molecule has 15 heavy (non-hydrogen) atoms. The molecule has 0 aromatic rings. The molecule has 2 atom stereocenters. The first-order valence-electron chi connectivity index (χ1n) is 6.04. The number of hydrogen-bond acceptors (Lipinski definition) is 0. The van der Waals surface area contributed by atoms with Gasteiger partial charge in [0.15, 0.2) is 0 Å². The largest absolute Gasteiger partial charge is 0.0891 e. The summed E-state index contributed by atoms with van der Waals surface area (Å²) in [5.41, 5.74) is 0. The number of alkyl halides is 3. The Morgan fingerprint density at radius 2 is 1.73 bits per heavy atom. The molecule has 0 aliphatic heterocycles. The van der Waals surface area contributed by atoms with Gasteiger partial charge in [-0.25, -0.2) is 0 Å². The topological polar surface area (TPSA) is 0 Å². The van der Waals surface area contributed by atoms with Crippen molar-refractivity contribution in [2.45, 2.75) is 67.0 Å². The lowest BCUT2D eigenvalue weighted by molar-refractivity contribution is 0.593. The molecule has 0 fully saturated rings. The molecule has 0 spiro atoms. The van der Waals surface area contributed by atoms with E-state index in [9.17, 15) is 0 Å². The van der Waals surface area contributed by atoms with E-state index in [4.69, 9.17) is 0 Å². The maximum absolute atomic E-state index is 3.80. The first kappa shape index (κ1) is 16.9. The third kappa shape index (κ3) is 12.2. The fraction of sp³-hybridized carbons (Fsp3) is 1.00. The zero-order chi connectivity index (χ0) is 11.5. The van der Waals surface area contributed by atoms with Gasteiger partial charge in [-0.2, -0.15) is 0 Å². The monoisotopic (exact) mass is 500 g/mol. The Balaban J connectivity index is 3.31. The standard InChI is InChI=1S/C12H23BrI2/c1-2-3-4-6-11(13)8-9-12(15)7-5-10-14/h11-12H,2-10H2,1H3. The van der Waals surface area contributed by atoms with Crippen molar-refractivity contribution in [1.82, 2.24) is 0 Å². The molecule has 0 aromatic carbocycles. The molecule has 0 radical (unpaired) electrons. The van der Waals surface area contributed by atoms with Crippen molar-refractivity contribution in [3.05, 3.63) is 0 Å². The SMILES string of the molecule is CCCCCC(Br)CCC(I)CCCI. The summed E-state index contributed by atoms with van der Waals surface area (Å²) in [4.78, 5) is 0.765. The van der Waals surface area contributed by atoms with E-state index in [0.717, 1.165) is 8.75 Å². The van der Waals surface area contributed by atoms with Crippen LogP contribution in [0.25, 0.3) is 0 Å². The lowest BCUT2D eigenvalue weighted by Gasteiger charge is -2.12. The number of unbranched alkanes of at least 4 members (excludes halogenated alkanes) is 2. The molecule has 0 nitrogen and oxygen atoms in total. The summed E-state index contributed by atoms with van der Waals surface area (Å²) in [5, 5.41) is 0. The van der Waals surface area contributed by atoms with Crippen LogP contribution >= 0.6 is 61.1 Å². The summed E-state index contributed by atoms with van der Waals surface area (Å²) in [6.45, 7) is 2.27. The van der Waals surface area contributed by atoms with Gasteiger partial charge in [0, 0.05) is 8.75 Å². The second kappa shape index (κ2) is 12.4. The summed E-state index contributed by atoms with van der Waals surface area (Å²) in [7, 11) is 0. The van der Waals surface area contributed by atoms with Gasteiger partial charge >= 0.3 is 0 Å².